The van der Waals surface area contributed by atoms with Crippen molar-refractivity contribution in [2.75, 3.05) is 39.3 Å². The van der Waals surface area contributed by atoms with Crippen LogP contribution < -0.4 is 0 Å². The van der Waals surface area contributed by atoms with E-state index >= 15 is 0 Å². The van der Waals surface area contributed by atoms with E-state index in [2.05, 4.69) is 40.1 Å². The van der Waals surface area contributed by atoms with Gasteiger partial charge in [0, 0.05) is 19.5 Å². The minimum absolute atomic E-state index is 0.289. The summed E-state index contributed by atoms with van der Waals surface area (Å²) in [7, 11) is 0. The fourth-order valence-corrected chi connectivity index (χ4v) is 3.08. The highest BCUT2D eigenvalue weighted by Crippen LogP contribution is 2.08. The number of hydrogen-bond acceptors (Lipinski definition) is 3. The molecule has 4 heteroatoms. The summed E-state index contributed by atoms with van der Waals surface area (Å²) < 4.78 is 0. The smallest absolute Gasteiger partial charge is 0.303 e. The Bertz CT molecular complexity index is 436. The molecule has 1 saturated heterocycles. The first-order valence-corrected chi connectivity index (χ1v) is 8.44. The molecule has 0 amide bonds. The molecule has 1 aliphatic heterocycles. The second-order valence-electron chi connectivity index (χ2n) is 6.12. The number of carboxylic acid groups (broad SMARTS) is 1. The quantitative estimate of drug-likeness (QED) is 0.801. The second kappa shape index (κ2) is 9.59. The maximum Gasteiger partial charge on any atom is 0.303 e. The van der Waals surface area contributed by atoms with E-state index in [-0.39, 0.29) is 6.42 Å². The molecule has 0 unspecified atom stereocenters. The van der Waals surface area contributed by atoms with Crippen LogP contribution in [0.4, 0.5) is 0 Å². The average Bonchev–Trinajstić information content (AvgIpc) is 2.74. The van der Waals surface area contributed by atoms with Gasteiger partial charge >= 0.3 is 5.97 Å². The van der Waals surface area contributed by atoms with Gasteiger partial charge in [0.05, 0.1) is 0 Å². The van der Waals surface area contributed by atoms with Crippen LogP contribution in [0.2, 0.25) is 0 Å². The van der Waals surface area contributed by atoms with Gasteiger partial charge in [0.15, 0.2) is 0 Å². The zero-order valence-corrected chi connectivity index (χ0v) is 13.4. The molecule has 2 rings (SSSR count). The lowest BCUT2D eigenvalue weighted by Gasteiger charge is -2.21. The van der Waals surface area contributed by atoms with Gasteiger partial charge in [-0.15, -0.1) is 0 Å². The lowest BCUT2D eigenvalue weighted by Crippen LogP contribution is -2.32. The highest BCUT2D eigenvalue weighted by atomic mass is 16.4. The molecule has 0 bridgehead atoms. The molecule has 1 aliphatic rings. The van der Waals surface area contributed by atoms with Crippen LogP contribution in [-0.2, 0) is 11.2 Å². The van der Waals surface area contributed by atoms with Gasteiger partial charge in [-0.2, -0.15) is 0 Å². The molecule has 1 heterocycles. The van der Waals surface area contributed by atoms with Gasteiger partial charge in [0.2, 0.25) is 0 Å². The van der Waals surface area contributed by atoms with Crippen LogP contribution in [0.5, 0.6) is 0 Å². The summed E-state index contributed by atoms with van der Waals surface area (Å²) in [5.74, 6) is -0.683. The van der Waals surface area contributed by atoms with E-state index in [1.807, 2.05) is 0 Å². The summed E-state index contributed by atoms with van der Waals surface area (Å²) in [4.78, 5) is 15.5. The number of nitrogens with zero attached hydrogens (tertiary/aromatic N) is 2. The third kappa shape index (κ3) is 6.58. The Labute approximate surface area is 133 Å². The van der Waals surface area contributed by atoms with Crippen molar-refractivity contribution < 1.29 is 9.90 Å². The number of carbonyl (C=O) groups is 1. The van der Waals surface area contributed by atoms with Crippen LogP contribution in [0.25, 0.3) is 0 Å². The first-order valence-electron chi connectivity index (χ1n) is 8.44. The van der Waals surface area contributed by atoms with E-state index in [1.165, 1.54) is 24.9 Å². The van der Waals surface area contributed by atoms with Crippen molar-refractivity contribution in [3.05, 3.63) is 35.9 Å². The molecule has 1 fully saturated rings. The summed E-state index contributed by atoms with van der Waals surface area (Å²) in [5.41, 5.74) is 1.42. The van der Waals surface area contributed by atoms with Crippen LogP contribution >= 0.6 is 0 Å². The highest BCUT2D eigenvalue weighted by molar-refractivity contribution is 5.66. The van der Waals surface area contributed by atoms with E-state index in [4.69, 9.17) is 5.11 Å². The SMILES string of the molecule is O=C(O)CCCN1CCCN(CCCc2ccccc2)CC1. The molecule has 22 heavy (non-hydrogen) atoms. The Morgan fingerprint density at radius 3 is 2.23 bits per heavy atom. The maximum absolute atomic E-state index is 10.6. The fraction of sp³-hybridized carbons (Fsp3) is 0.611. The molecule has 0 aliphatic carbocycles. The molecule has 1 aromatic rings. The Hall–Kier alpha value is -1.39. The number of aliphatic carboxylic acids is 1. The molecular formula is C18H28N2O2. The van der Waals surface area contributed by atoms with E-state index in [0.29, 0.717) is 0 Å². The number of rotatable bonds is 8. The predicted molar refractivity (Wildman–Crippen MR) is 89.1 cm³/mol. The molecular weight excluding hydrogens is 276 g/mol. The Balaban J connectivity index is 1.62. The molecule has 0 aromatic heterocycles. The molecule has 1 N–H and O–H groups in total. The van der Waals surface area contributed by atoms with Gasteiger partial charge < -0.3 is 14.9 Å². The van der Waals surface area contributed by atoms with E-state index in [1.54, 1.807) is 0 Å². The predicted octanol–water partition coefficient (Wildman–Crippen LogP) is 2.49. The normalized spacial score (nSPS) is 17.3. The maximum atomic E-state index is 10.6. The first-order chi connectivity index (χ1) is 10.7. The topological polar surface area (TPSA) is 43.8 Å². The van der Waals surface area contributed by atoms with E-state index in [0.717, 1.165) is 45.6 Å². The summed E-state index contributed by atoms with van der Waals surface area (Å²) in [6.07, 6.45) is 4.61. The summed E-state index contributed by atoms with van der Waals surface area (Å²) >= 11 is 0. The first kappa shape index (κ1) is 17.0. The van der Waals surface area contributed by atoms with Crippen molar-refractivity contribution in [2.24, 2.45) is 0 Å². The third-order valence-corrected chi connectivity index (χ3v) is 4.33. The van der Waals surface area contributed by atoms with Gasteiger partial charge in [-0.1, -0.05) is 30.3 Å². The largest absolute Gasteiger partial charge is 0.481 e. The number of carboxylic acids is 1. The minimum atomic E-state index is -0.683. The third-order valence-electron chi connectivity index (χ3n) is 4.33. The van der Waals surface area contributed by atoms with Gasteiger partial charge in [-0.05, 0) is 57.4 Å². The van der Waals surface area contributed by atoms with Crippen molar-refractivity contribution in [3.8, 4) is 0 Å². The summed E-state index contributed by atoms with van der Waals surface area (Å²) in [6, 6.07) is 10.7. The van der Waals surface area contributed by atoms with Crippen LogP contribution in [-0.4, -0.2) is 60.1 Å². The van der Waals surface area contributed by atoms with Crippen LogP contribution in [0, 0.1) is 0 Å². The zero-order valence-electron chi connectivity index (χ0n) is 13.4. The minimum Gasteiger partial charge on any atom is -0.481 e. The van der Waals surface area contributed by atoms with Crippen molar-refractivity contribution in [3.63, 3.8) is 0 Å². The van der Waals surface area contributed by atoms with Crippen molar-refractivity contribution in [1.82, 2.24) is 9.80 Å². The second-order valence-corrected chi connectivity index (χ2v) is 6.12. The van der Waals surface area contributed by atoms with Crippen molar-refractivity contribution in [1.29, 1.82) is 0 Å². The van der Waals surface area contributed by atoms with Crippen LogP contribution in [0.3, 0.4) is 0 Å². The molecule has 0 spiro atoms. The van der Waals surface area contributed by atoms with E-state index < -0.39 is 5.97 Å². The summed E-state index contributed by atoms with van der Waals surface area (Å²) in [6.45, 7) is 6.55. The van der Waals surface area contributed by atoms with Crippen molar-refractivity contribution >= 4 is 5.97 Å². The molecule has 0 atom stereocenters. The van der Waals surface area contributed by atoms with E-state index in [9.17, 15) is 4.79 Å². The lowest BCUT2D eigenvalue weighted by molar-refractivity contribution is -0.137. The number of benzene rings is 1. The highest BCUT2D eigenvalue weighted by Gasteiger charge is 2.14. The molecule has 4 nitrogen and oxygen atoms in total. The summed E-state index contributed by atoms with van der Waals surface area (Å²) in [5, 5.41) is 8.70. The monoisotopic (exact) mass is 304 g/mol. The van der Waals surface area contributed by atoms with Crippen molar-refractivity contribution in [2.45, 2.75) is 32.1 Å². The molecule has 0 saturated carbocycles. The van der Waals surface area contributed by atoms with Crippen LogP contribution in [0.1, 0.15) is 31.2 Å². The Morgan fingerprint density at radius 2 is 1.59 bits per heavy atom. The number of aryl methyl sites for hydroxylation is 1. The molecule has 0 radical (unpaired) electrons. The van der Waals surface area contributed by atoms with Gasteiger partial charge in [-0.25, -0.2) is 0 Å². The fourth-order valence-electron chi connectivity index (χ4n) is 3.08. The van der Waals surface area contributed by atoms with Crippen LogP contribution in [0.15, 0.2) is 30.3 Å². The lowest BCUT2D eigenvalue weighted by atomic mass is 10.1. The molecule has 1 aromatic carbocycles. The average molecular weight is 304 g/mol. The number of hydrogen-bond donors (Lipinski definition) is 1. The van der Waals surface area contributed by atoms with Gasteiger partial charge in [0.25, 0.3) is 0 Å². The van der Waals surface area contributed by atoms with Gasteiger partial charge in [-0.3, -0.25) is 4.79 Å². The Morgan fingerprint density at radius 1 is 0.955 bits per heavy atom. The standard InChI is InChI=1S/C18H28N2O2/c21-18(22)10-5-12-20-14-6-13-19(15-16-20)11-4-9-17-7-2-1-3-8-17/h1-3,7-8H,4-6,9-16H2,(H,21,22). The van der Waals surface area contributed by atoms with Gasteiger partial charge in [0.1, 0.15) is 0 Å². The zero-order chi connectivity index (χ0) is 15.6. The molecule has 122 valence electrons. The Kier molecular flexibility index (Phi) is 7.40.